The fraction of sp³-hybridized carbons (Fsp3) is 0.391. The molecule has 3 aromatic rings. The molecule has 0 unspecified atom stereocenters. The van der Waals surface area contributed by atoms with Crippen LogP contribution in [0.15, 0.2) is 46.2 Å². The number of esters is 1. The van der Waals surface area contributed by atoms with Crippen LogP contribution in [0.25, 0.3) is 11.0 Å². The molecule has 0 aliphatic heterocycles. The Labute approximate surface area is 192 Å². The Hall–Kier alpha value is -2.36. The van der Waals surface area contributed by atoms with Crippen LogP contribution in [0, 0.1) is 0 Å². The molecule has 0 atom stereocenters. The molecule has 2 N–H and O–H groups in total. The molecule has 0 saturated heterocycles. The number of primary sulfonamides is 1. The smallest absolute Gasteiger partial charge is 0.316 e. The van der Waals surface area contributed by atoms with Crippen LogP contribution in [0.1, 0.15) is 43.1 Å². The highest BCUT2D eigenvalue weighted by molar-refractivity contribution is 8.00. The summed E-state index contributed by atoms with van der Waals surface area (Å²) in [5.41, 5.74) is 4.11. The van der Waals surface area contributed by atoms with Gasteiger partial charge in [-0.1, -0.05) is 19.4 Å². The van der Waals surface area contributed by atoms with Gasteiger partial charge in [0.2, 0.25) is 10.0 Å². The van der Waals surface area contributed by atoms with Crippen molar-refractivity contribution in [2.75, 3.05) is 5.75 Å². The second-order valence-corrected chi connectivity index (χ2v) is 10.6. The van der Waals surface area contributed by atoms with E-state index in [1.54, 1.807) is 6.07 Å². The Morgan fingerprint density at radius 2 is 2.00 bits per heavy atom. The van der Waals surface area contributed by atoms with E-state index in [4.69, 9.17) is 9.88 Å². The largest absolute Gasteiger partial charge is 0.457 e. The minimum atomic E-state index is -3.82. The lowest BCUT2D eigenvalue weighted by Gasteiger charge is -2.10. The minimum Gasteiger partial charge on any atom is -0.457 e. The fourth-order valence-corrected chi connectivity index (χ4v) is 5.27. The number of ether oxygens (including phenoxy) is 1. The number of sulfonamides is 1. The summed E-state index contributed by atoms with van der Waals surface area (Å²) >= 11 is 1.48. The second kappa shape index (κ2) is 9.64. The lowest BCUT2D eigenvalue weighted by molar-refractivity contribution is -0.142. The zero-order valence-corrected chi connectivity index (χ0v) is 19.7. The maximum atomic E-state index is 12.4. The number of aromatic nitrogens is 2. The van der Waals surface area contributed by atoms with E-state index in [1.165, 1.54) is 41.4 Å². The Kier molecular flexibility index (Phi) is 6.88. The molecule has 0 saturated carbocycles. The number of nitrogens with zero attached hydrogens (tertiary/aromatic N) is 2. The molecular weight excluding hydrogens is 446 g/mol. The monoisotopic (exact) mass is 473 g/mol. The summed E-state index contributed by atoms with van der Waals surface area (Å²) in [6, 6.07) is 11.0. The van der Waals surface area contributed by atoms with Gasteiger partial charge in [-0.15, -0.1) is 11.8 Å². The molecule has 7 nitrogen and oxygen atoms in total. The van der Waals surface area contributed by atoms with E-state index in [1.807, 2.05) is 4.57 Å². The van der Waals surface area contributed by atoms with Gasteiger partial charge < -0.3 is 9.30 Å². The Bertz CT molecular complexity index is 1250. The first kappa shape index (κ1) is 22.8. The van der Waals surface area contributed by atoms with Crippen molar-refractivity contribution in [1.29, 1.82) is 0 Å². The number of nitrogens with two attached hydrogens (primary N) is 1. The number of hydrogen-bond acceptors (Lipinski definition) is 6. The van der Waals surface area contributed by atoms with Crippen molar-refractivity contribution in [3.63, 3.8) is 0 Å². The highest BCUT2D eigenvalue weighted by Gasteiger charge is 2.17. The maximum Gasteiger partial charge on any atom is 0.316 e. The van der Waals surface area contributed by atoms with Gasteiger partial charge in [-0.3, -0.25) is 4.79 Å². The summed E-state index contributed by atoms with van der Waals surface area (Å²) in [6.07, 6.45) is 5.36. The van der Waals surface area contributed by atoms with Gasteiger partial charge >= 0.3 is 5.97 Å². The molecule has 0 amide bonds. The van der Waals surface area contributed by atoms with Crippen molar-refractivity contribution in [3.05, 3.63) is 53.3 Å². The topological polar surface area (TPSA) is 104 Å². The van der Waals surface area contributed by atoms with Crippen LogP contribution in [0.2, 0.25) is 0 Å². The van der Waals surface area contributed by atoms with E-state index in [0.29, 0.717) is 17.9 Å². The van der Waals surface area contributed by atoms with Crippen molar-refractivity contribution in [2.24, 2.45) is 5.14 Å². The van der Waals surface area contributed by atoms with Crippen LogP contribution in [0.4, 0.5) is 0 Å². The zero-order chi connectivity index (χ0) is 22.7. The van der Waals surface area contributed by atoms with Gasteiger partial charge in [-0.05, 0) is 67.1 Å². The number of unbranched alkanes of at least 4 members (excludes halogenated alkanes) is 1. The lowest BCUT2D eigenvalue weighted by Crippen LogP contribution is -2.12. The molecule has 2 aromatic carbocycles. The van der Waals surface area contributed by atoms with Crippen LogP contribution in [0.3, 0.4) is 0 Å². The summed E-state index contributed by atoms with van der Waals surface area (Å²) in [6.45, 7) is 2.83. The zero-order valence-electron chi connectivity index (χ0n) is 18.0. The molecule has 0 spiro atoms. The van der Waals surface area contributed by atoms with E-state index in [-0.39, 0.29) is 23.2 Å². The van der Waals surface area contributed by atoms with Crippen molar-refractivity contribution in [3.8, 4) is 0 Å². The first-order valence-electron chi connectivity index (χ1n) is 10.8. The van der Waals surface area contributed by atoms with Crippen molar-refractivity contribution in [2.45, 2.75) is 62.0 Å². The van der Waals surface area contributed by atoms with Crippen LogP contribution in [0.5, 0.6) is 0 Å². The number of carbonyl (C=O) groups excluding carboxylic acids is 1. The fourth-order valence-electron chi connectivity index (χ4n) is 3.98. The first-order chi connectivity index (χ1) is 15.3. The molecule has 1 aromatic heterocycles. The van der Waals surface area contributed by atoms with E-state index in [9.17, 15) is 13.2 Å². The van der Waals surface area contributed by atoms with Crippen LogP contribution >= 0.6 is 11.8 Å². The van der Waals surface area contributed by atoms with Gasteiger partial charge in [0.15, 0.2) is 0 Å². The standard InChI is InChI=1S/C23H27N3O4S2/c1-2-3-11-26-21-10-9-19(32(24,28)29)13-20(21)25-22(26)14-30-23(27)15-31-18-8-7-16-5-4-6-17(16)12-18/h7-10,12-13H,2-6,11,14-15H2,1H3,(H2,24,28,29). The Morgan fingerprint density at radius 1 is 1.19 bits per heavy atom. The number of benzene rings is 2. The average molecular weight is 474 g/mol. The third-order valence-electron chi connectivity index (χ3n) is 5.65. The van der Waals surface area contributed by atoms with E-state index >= 15 is 0 Å². The number of imidazole rings is 1. The van der Waals surface area contributed by atoms with Gasteiger partial charge in [-0.25, -0.2) is 18.5 Å². The third kappa shape index (κ3) is 5.16. The van der Waals surface area contributed by atoms with Gasteiger partial charge in [0.1, 0.15) is 12.4 Å². The molecule has 0 radical (unpaired) electrons. The quantitative estimate of drug-likeness (QED) is 0.374. The molecule has 4 rings (SSSR count). The van der Waals surface area contributed by atoms with Crippen LogP contribution in [-0.2, 0) is 45.5 Å². The van der Waals surface area contributed by atoms with Crippen molar-refractivity contribution < 1.29 is 17.9 Å². The number of carbonyl (C=O) groups is 1. The average Bonchev–Trinajstić information content (AvgIpc) is 3.37. The number of hydrogen-bond donors (Lipinski definition) is 1. The van der Waals surface area contributed by atoms with E-state index < -0.39 is 10.0 Å². The number of fused-ring (bicyclic) bond motifs is 2. The predicted octanol–water partition coefficient (Wildman–Crippen LogP) is 3.81. The van der Waals surface area contributed by atoms with Crippen LogP contribution in [-0.4, -0.2) is 29.7 Å². The highest BCUT2D eigenvalue weighted by atomic mass is 32.2. The SMILES string of the molecule is CCCCn1c(COC(=O)CSc2ccc3c(c2)CCC3)nc2cc(S(N)(=O)=O)ccc21. The van der Waals surface area contributed by atoms with Gasteiger partial charge in [0, 0.05) is 11.4 Å². The third-order valence-corrected chi connectivity index (χ3v) is 7.53. The maximum absolute atomic E-state index is 12.4. The summed E-state index contributed by atoms with van der Waals surface area (Å²) in [4.78, 5) is 18.0. The molecule has 0 fully saturated rings. The summed E-state index contributed by atoms with van der Waals surface area (Å²) in [5.74, 6) is 0.509. The van der Waals surface area contributed by atoms with Crippen molar-refractivity contribution >= 4 is 38.8 Å². The normalized spacial score (nSPS) is 13.4. The number of thioether (sulfide) groups is 1. The predicted molar refractivity (Wildman–Crippen MR) is 125 cm³/mol. The Morgan fingerprint density at radius 3 is 2.78 bits per heavy atom. The van der Waals surface area contributed by atoms with Gasteiger partial charge in [0.05, 0.1) is 21.7 Å². The first-order valence-corrected chi connectivity index (χ1v) is 13.3. The molecule has 32 heavy (non-hydrogen) atoms. The number of rotatable bonds is 9. The molecule has 0 bridgehead atoms. The second-order valence-electron chi connectivity index (χ2n) is 7.96. The minimum absolute atomic E-state index is 0.0134. The summed E-state index contributed by atoms with van der Waals surface area (Å²) in [7, 11) is -3.82. The summed E-state index contributed by atoms with van der Waals surface area (Å²) in [5, 5.41) is 5.25. The molecular formula is C23H27N3O4S2. The van der Waals surface area contributed by atoms with E-state index in [2.05, 4.69) is 30.1 Å². The highest BCUT2D eigenvalue weighted by Crippen LogP contribution is 2.28. The molecule has 9 heteroatoms. The molecule has 1 aliphatic rings. The van der Waals surface area contributed by atoms with Gasteiger partial charge in [-0.2, -0.15) is 0 Å². The molecule has 170 valence electrons. The number of aryl methyl sites for hydroxylation is 3. The van der Waals surface area contributed by atoms with E-state index in [0.717, 1.165) is 36.1 Å². The summed E-state index contributed by atoms with van der Waals surface area (Å²) < 4.78 is 30.8. The Balaban J connectivity index is 1.44. The van der Waals surface area contributed by atoms with Gasteiger partial charge in [0.25, 0.3) is 0 Å². The van der Waals surface area contributed by atoms with Crippen molar-refractivity contribution in [1.82, 2.24) is 9.55 Å². The lowest BCUT2D eigenvalue weighted by atomic mass is 10.1. The molecule has 1 aliphatic carbocycles. The molecule has 1 heterocycles. The van der Waals surface area contributed by atoms with Crippen LogP contribution < -0.4 is 5.14 Å².